The van der Waals surface area contributed by atoms with Crippen molar-refractivity contribution in [3.05, 3.63) is 11.9 Å². The normalized spacial score (nSPS) is 16.3. The van der Waals surface area contributed by atoms with Crippen LogP contribution in [0, 0.1) is 0 Å². The van der Waals surface area contributed by atoms with Gasteiger partial charge in [-0.1, -0.05) is 6.92 Å². The van der Waals surface area contributed by atoms with Gasteiger partial charge in [-0.3, -0.25) is 0 Å². The summed E-state index contributed by atoms with van der Waals surface area (Å²) in [7, 11) is 0. The largest absolute Gasteiger partial charge is 0.474 e. The van der Waals surface area contributed by atoms with E-state index in [0.29, 0.717) is 5.88 Å². The van der Waals surface area contributed by atoms with Crippen molar-refractivity contribution in [1.29, 1.82) is 0 Å². The Hall–Kier alpha value is -1.36. The summed E-state index contributed by atoms with van der Waals surface area (Å²) in [6, 6.07) is 1.89. The quantitative estimate of drug-likeness (QED) is 0.856. The van der Waals surface area contributed by atoms with Crippen LogP contribution in [0.4, 0.5) is 5.82 Å². The molecule has 5 heteroatoms. The molecule has 19 heavy (non-hydrogen) atoms. The zero-order chi connectivity index (χ0) is 13.5. The highest BCUT2D eigenvalue weighted by molar-refractivity contribution is 5.38. The average molecular weight is 265 g/mol. The average Bonchev–Trinajstić information content (AvgIpc) is 2.40. The van der Waals surface area contributed by atoms with Crippen molar-refractivity contribution in [1.82, 2.24) is 9.97 Å². The molecule has 0 aromatic carbocycles. The second-order valence-corrected chi connectivity index (χ2v) is 4.72. The number of anilines is 1. The van der Waals surface area contributed by atoms with E-state index in [0.717, 1.165) is 57.1 Å². The minimum atomic E-state index is 0.215. The summed E-state index contributed by atoms with van der Waals surface area (Å²) < 4.78 is 11.3. The molecule has 5 nitrogen and oxygen atoms in total. The maximum atomic E-state index is 5.96. The first-order valence-corrected chi connectivity index (χ1v) is 7.18. The van der Waals surface area contributed by atoms with Crippen LogP contribution in [0.5, 0.6) is 5.88 Å². The predicted octanol–water partition coefficient (Wildman–Crippen LogP) is 2.42. The van der Waals surface area contributed by atoms with E-state index in [-0.39, 0.29) is 6.10 Å². The molecule has 1 saturated heterocycles. The molecule has 106 valence electrons. The van der Waals surface area contributed by atoms with E-state index in [1.165, 1.54) is 0 Å². The minimum Gasteiger partial charge on any atom is -0.474 e. The molecule has 0 saturated carbocycles. The summed E-state index contributed by atoms with van der Waals surface area (Å²) in [5.74, 6) is 2.38. The first-order chi connectivity index (χ1) is 9.31. The van der Waals surface area contributed by atoms with Crippen LogP contribution >= 0.6 is 0 Å². The van der Waals surface area contributed by atoms with Crippen molar-refractivity contribution in [2.75, 3.05) is 25.1 Å². The van der Waals surface area contributed by atoms with Gasteiger partial charge in [0.2, 0.25) is 5.88 Å². The van der Waals surface area contributed by atoms with Crippen molar-refractivity contribution in [3.63, 3.8) is 0 Å². The smallest absolute Gasteiger partial charge is 0.219 e. The lowest BCUT2D eigenvalue weighted by molar-refractivity contribution is 0.0236. The first-order valence-electron chi connectivity index (χ1n) is 7.18. The molecule has 0 radical (unpaired) electrons. The highest BCUT2D eigenvalue weighted by atomic mass is 16.5. The molecular formula is C14H23N3O2. The third kappa shape index (κ3) is 4.35. The summed E-state index contributed by atoms with van der Waals surface area (Å²) >= 11 is 0. The molecule has 1 aromatic rings. The standard InChI is InChI=1S/C14H23N3O2/c1-3-5-12-16-13(15-4-2)10-14(17-12)19-11-6-8-18-9-7-11/h10-11H,3-9H2,1-2H3,(H,15,16,17). The second kappa shape index (κ2) is 7.28. The third-order valence-corrected chi connectivity index (χ3v) is 3.04. The highest BCUT2D eigenvalue weighted by Gasteiger charge is 2.16. The van der Waals surface area contributed by atoms with E-state index in [4.69, 9.17) is 9.47 Å². The number of hydrogen-bond donors (Lipinski definition) is 1. The van der Waals surface area contributed by atoms with E-state index in [2.05, 4.69) is 29.1 Å². The van der Waals surface area contributed by atoms with E-state index in [9.17, 15) is 0 Å². The fraction of sp³-hybridized carbons (Fsp3) is 0.714. The number of rotatable bonds is 6. The lowest BCUT2D eigenvalue weighted by Crippen LogP contribution is -2.26. The molecule has 0 aliphatic carbocycles. The van der Waals surface area contributed by atoms with Crippen molar-refractivity contribution in [2.45, 2.75) is 45.6 Å². The zero-order valence-electron chi connectivity index (χ0n) is 11.8. The number of aromatic nitrogens is 2. The van der Waals surface area contributed by atoms with Crippen LogP contribution in [0.15, 0.2) is 6.07 Å². The Morgan fingerprint density at radius 2 is 2.11 bits per heavy atom. The monoisotopic (exact) mass is 265 g/mol. The van der Waals surface area contributed by atoms with E-state index >= 15 is 0 Å². The summed E-state index contributed by atoms with van der Waals surface area (Å²) in [6.07, 6.45) is 4.00. The summed E-state index contributed by atoms with van der Waals surface area (Å²) in [5.41, 5.74) is 0. The van der Waals surface area contributed by atoms with Gasteiger partial charge in [-0.15, -0.1) is 0 Å². The van der Waals surface area contributed by atoms with E-state index in [1.807, 2.05) is 6.07 Å². The van der Waals surface area contributed by atoms with Crippen molar-refractivity contribution in [2.24, 2.45) is 0 Å². The van der Waals surface area contributed by atoms with Gasteiger partial charge >= 0.3 is 0 Å². The lowest BCUT2D eigenvalue weighted by Gasteiger charge is -2.23. The Bertz CT molecular complexity index is 368. The Morgan fingerprint density at radius 3 is 2.79 bits per heavy atom. The molecule has 0 atom stereocenters. The molecule has 2 heterocycles. The minimum absolute atomic E-state index is 0.215. The van der Waals surface area contributed by atoms with Gasteiger partial charge in [-0.25, -0.2) is 4.98 Å². The molecular weight excluding hydrogens is 242 g/mol. The molecule has 0 unspecified atom stereocenters. The Morgan fingerprint density at radius 1 is 1.32 bits per heavy atom. The summed E-state index contributed by atoms with van der Waals surface area (Å²) in [5, 5.41) is 3.23. The van der Waals surface area contributed by atoms with Crippen LogP contribution in [0.3, 0.4) is 0 Å². The molecule has 1 N–H and O–H groups in total. The van der Waals surface area contributed by atoms with Gasteiger partial charge in [0, 0.05) is 31.9 Å². The van der Waals surface area contributed by atoms with Gasteiger partial charge in [-0.2, -0.15) is 4.98 Å². The molecule has 2 rings (SSSR count). The molecule has 1 aromatic heterocycles. The lowest BCUT2D eigenvalue weighted by atomic mass is 10.1. The Kier molecular flexibility index (Phi) is 5.39. The number of aryl methyl sites for hydroxylation is 1. The Labute approximate surface area is 114 Å². The third-order valence-electron chi connectivity index (χ3n) is 3.04. The van der Waals surface area contributed by atoms with Crippen LogP contribution in [0.25, 0.3) is 0 Å². The molecule has 0 spiro atoms. The fourth-order valence-electron chi connectivity index (χ4n) is 2.10. The maximum Gasteiger partial charge on any atom is 0.219 e. The topological polar surface area (TPSA) is 56.3 Å². The Balaban J connectivity index is 2.08. The number of ether oxygens (including phenoxy) is 2. The van der Waals surface area contributed by atoms with E-state index < -0.39 is 0 Å². The first kappa shape index (κ1) is 14.1. The SMILES string of the molecule is CCCc1nc(NCC)cc(OC2CCOCC2)n1. The maximum absolute atomic E-state index is 5.96. The number of hydrogen-bond acceptors (Lipinski definition) is 5. The number of nitrogens with one attached hydrogen (secondary N) is 1. The van der Waals surface area contributed by atoms with Gasteiger partial charge in [0.1, 0.15) is 17.7 Å². The zero-order valence-corrected chi connectivity index (χ0v) is 11.8. The van der Waals surface area contributed by atoms with Crippen LogP contribution in [0.1, 0.15) is 38.9 Å². The van der Waals surface area contributed by atoms with E-state index in [1.54, 1.807) is 0 Å². The predicted molar refractivity (Wildman–Crippen MR) is 74.7 cm³/mol. The number of nitrogens with zero attached hydrogens (tertiary/aromatic N) is 2. The molecule has 0 bridgehead atoms. The van der Waals surface area contributed by atoms with Crippen LogP contribution < -0.4 is 10.1 Å². The molecule has 0 amide bonds. The molecule has 1 aliphatic rings. The van der Waals surface area contributed by atoms with Crippen molar-refractivity contribution < 1.29 is 9.47 Å². The second-order valence-electron chi connectivity index (χ2n) is 4.72. The summed E-state index contributed by atoms with van der Waals surface area (Å²) in [4.78, 5) is 8.96. The molecule has 1 fully saturated rings. The highest BCUT2D eigenvalue weighted by Crippen LogP contribution is 2.19. The van der Waals surface area contributed by atoms with Gasteiger partial charge in [0.25, 0.3) is 0 Å². The fourth-order valence-corrected chi connectivity index (χ4v) is 2.10. The molecule has 1 aliphatic heterocycles. The van der Waals surface area contributed by atoms with Crippen LogP contribution in [-0.4, -0.2) is 35.8 Å². The summed E-state index contributed by atoms with van der Waals surface area (Å²) in [6.45, 7) is 6.58. The van der Waals surface area contributed by atoms with Crippen LogP contribution in [-0.2, 0) is 11.2 Å². The van der Waals surface area contributed by atoms with Gasteiger partial charge in [-0.05, 0) is 13.3 Å². The van der Waals surface area contributed by atoms with Crippen LogP contribution in [0.2, 0.25) is 0 Å². The van der Waals surface area contributed by atoms with Crippen molar-refractivity contribution >= 4 is 5.82 Å². The van der Waals surface area contributed by atoms with Gasteiger partial charge in [0.15, 0.2) is 0 Å². The van der Waals surface area contributed by atoms with Crippen molar-refractivity contribution in [3.8, 4) is 5.88 Å². The van der Waals surface area contributed by atoms with Gasteiger partial charge in [0.05, 0.1) is 13.2 Å². The van der Waals surface area contributed by atoms with Gasteiger partial charge < -0.3 is 14.8 Å².